The van der Waals surface area contributed by atoms with E-state index in [-0.39, 0.29) is 11.4 Å². The number of hydrogen-bond acceptors (Lipinski definition) is 6. The van der Waals surface area contributed by atoms with Crippen molar-refractivity contribution in [1.29, 1.82) is 0 Å². The van der Waals surface area contributed by atoms with E-state index in [1.165, 1.54) is 5.56 Å². The van der Waals surface area contributed by atoms with Gasteiger partial charge in [-0.15, -0.1) is 0 Å². The largest absolute Gasteiger partial charge is 0.333 e. The highest BCUT2D eigenvalue weighted by Gasteiger charge is 2.22. The highest BCUT2D eigenvalue weighted by molar-refractivity contribution is 5.67. The lowest BCUT2D eigenvalue weighted by Gasteiger charge is -2.19. The van der Waals surface area contributed by atoms with Crippen LogP contribution in [0.2, 0.25) is 0 Å². The fraction of sp³-hybridized carbons (Fsp3) is 0.333. The highest BCUT2D eigenvalue weighted by atomic mass is 16.5. The van der Waals surface area contributed by atoms with Gasteiger partial charge >= 0.3 is 0 Å². The second-order valence-electron chi connectivity index (χ2n) is 6.41. The number of aryl methyl sites for hydroxylation is 3. The summed E-state index contributed by atoms with van der Waals surface area (Å²) < 4.78 is 5.43. The first-order valence-electron chi connectivity index (χ1n) is 8.27. The van der Waals surface area contributed by atoms with Crippen LogP contribution >= 0.6 is 0 Å². The van der Waals surface area contributed by atoms with Crippen molar-refractivity contribution in [2.45, 2.75) is 33.7 Å². The van der Waals surface area contributed by atoms with Gasteiger partial charge in [-0.2, -0.15) is 4.98 Å². The van der Waals surface area contributed by atoms with Crippen LogP contribution < -0.4 is 10.9 Å². The van der Waals surface area contributed by atoms with Crippen LogP contribution in [-0.4, -0.2) is 26.7 Å². The van der Waals surface area contributed by atoms with E-state index in [9.17, 15) is 4.79 Å². The number of H-pyrrole nitrogens is 1. The molecule has 3 aromatic rings. The molecule has 0 atom stereocenters. The quantitative estimate of drug-likeness (QED) is 0.743. The van der Waals surface area contributed by atoms with E-state index in [1.807, 2.05) is 33.0 Å². The second-order valence-corrected chi connectivity index (χ2v) is 6.41. The lowest BCUT2D eigenvalue weighted by atomic mass is 9.95. The Hall–Kier alpha value is -2.80. The number of pyridine rings is 2. The van der Waals surface area contributed by atoms with Crippen molar-refractivity contribution >= 4 is 0 Å². The molecule has 3 aromatic heterocycles. The molecule has 0 saturated heterocycles. The van der Waals surface area contributed by atoms with E-state index in [0.717, 1.165) is 47.6 Å². The zero-order chi connectivity index (χ0) is 17.6. The molecule has 0 amide bonds. The molecule has 0 fully saturated rings. The Morgan fingerprint density at radius 1 is 1.20 bits per heavy atom. The Bertz CT molecular complexity index is 1020. The molecule has 128 valence electrons. The average molecular weight is 337 g/mol. The van der Waals surface area contributed by atoms with Crippen molar-refractivity contribution in [2.75, 3.05) is 6.54 Å². The first kappa shape index (κ1) is 15.7. The monoisotopic (exact) mass is 337 g/mol. The predicted molar refractivity (Wildman–Crippen MR) is 93.2 cm³/mol. The zero-order valence-corrected chi connectivity index (χ0v) is 14.4. The maximum Gasteiger partial charge on any atom is 0.264 e. The lowest BCUT2D eigenvalue weighted by Crippen LogP contribution is -2.24. The number of hydrogen-bond donors (Lipinski definition) is 2. The van der Waals surface area contributed by atoms with Gasteiger partial charge in [0.1, 0.15) is 5.56 Å². The molecule has 25 heavy (non-hydrogen) atoms. The van der Waals surface area contributed by atoms with Crippen LogP contribution in [0.15, 0.2) is 21.6 Å². The number of nitrogens with one attached hydrogen (secondary N) is 2. The molecule has 2 N–H and O–H groups in total. The Balaban J connectivity index is 1.85. The first-order valence-corrected chi connectivity index (χ1v) is 8.27. The van der Waals surface area contributed by atoms with Gasteiger partial charge in [-0.1, -0.05) is 5.16 Å². The van der Waals surface area contributed by atoms with Gasteiger partial charge in [-0.25, -0.2) is 0 Å². The van der Waals surface area contributed by atoms with E-state index >= 15 is 0 Å². The van der Waals surface area contributed by atoms with Crippen LogP contribution in [0.3, 0.4) is 0 Å². The van der Waals surface area contributed by atoms with Crippen LogP contribution in [0.25, 0.3) is 22.8 Å². The molecule has 4 rings (SSSR count). The molecule has 1 aliphatic heterocycles. The summed E-state index contributed by atoms with van der Waals surface area (Å²) in [6.45, 7) is 7.35. The molecule has 7 heteroatoms. The van der Waals surface area contributed by atoms with E-state index in [2.05, 4.69) is 25.4 Å². The molecule has 1 aliphatic rings. The second kappa shape index (κ2) is 5.93. The molecule has 0 bridgehead atoms. The van der Waals surface area contributed by atoms with Gasteiger partial charge in [0.05, 0.1) is 0 Å². The number of aromatic amines is 1. The van der Waals surface area contributed by atoms with Gasteiger partial charge in [0.15, 0.2) is 0 Å². The standard InChI is InChI=1S/C18H19N5O2/c1-9-6-10(2)21-17(24)14(9)18-22-16(23-25-18)15-11(3)20-8-12-7-19-5-4-13(12)15/h6,8,19H,4-5,7H2,1-3H3,(H,21,24). The molecule has 7 nitrogen and oxygen atoms in total. The molecule has 0 unspecified atom stereocenters. The maximum absolute atomic E-state index is 12.3. The number of nitrogens with zero attached hydrogens (tertiary/aromatic N) is 3. The van der Waals surface area contributed by atoms with Crippen molar-refractivity contribution in [3.63, 3.8) is 0 Å². The Morgan fingerprint density at radius 3 is 2.84 bits per heavy atom. The van der Waals surface area contributed by atoms with Crippen molar-refractivity contribution in [2.24, 2.45) is 0 Å². The summed E-state index contributed by atoms with van der Waals surface area (Å²) in [7, 11) is 0. The van der Waals surface area contributed by atoms with Gasteiger partial charge in [0.25, 0.3) is 11.4 Å². The Kier molecular flexibility index (Phi) is 3.73. The van der Waals surface area contributed by atoms with E-state index in [0.29, 0.717) is 11.4 Å². The van der Waals surface area contributed by atoms with E-state index in [1.54, 1.807) is 0 Å². The number of rotatable bonds is 2. The topological polar surface area (TPSA) is 96.7 Å². The summed E-state index contributed by atoms with van der Waals surface area (Å²) in [6.07, 6.45) is 2.79. The summed E-state index contributed by atoms with van der Waals surface area (Å²) in [5.41, 5.74) is 5.94. The van der Waals surface area contributed by atoms with Crippen LogP contribution in [0.1, 0.15) is 28.1 Å². The fourth-order valence-electron chi connectivity index (χ4n) is 3.41. The molecule has 4 heterocycles. The zero-order valence-electron chi connectivity index (χ0n) is 14.4. The van der Waals surface area contributed by atoms with Crippen molar-refractivity contribution in [3.05, 3.63) is 50.7 Å². The summed E-state index contributed by atoms with van der Waals surface area (Å²) in [4.78, 5) is 24.1. The normalized spacial score (nSPS) is 13.7. The number of aromatic nitrogens is 4. The SMILES string of the molecule is Cc1cc(C)c(-c2nc(-c3c(C)ncc4c3CCNC4)no2)c(=O)[nH]1. The Morgan fingerprint density at radius 2 is 2.04 bits per heavy atom. The van der Waals surface area contributed by atoms with Crippen LogP contribution in [0, 0.1) is 20.8 Å². The van der Waals surface area contributed by atoms with E-state index in [4.69, 9.17) is 4.52 Å². The molecule has 0 spiro atoms. The minimum Gasteiger partial charge on any atom is -0.333 e. The van der Waals surface area contributed by atoms with Gasteiger partial charge in [0.2, 0.25) is 5.82 Å². The van der Waals surface area contributed by atoms with Crippen LogP contribution in [0.4, 0.5) is 0 Å². The van der Waals surface area contributed by atoms with Gasteiger partial charge in [-0.05, 0) is 56.5 Å². The molecular formula is C18H19N5O2. The molecule has 0 aliphatic carbocycles. The molecule has 0 aromatic carbocycles. The smallest absolute Gasteiger partial charge is 0.264 e. The average Bonchev–Trinajstić information content (AvgIpc) is 3.02. The molecule has 0 radical (unpaired) electrons. The van der Waals surface area contributed by atoms with Gasteiger partial charge in [-0.3, -0.25) is 9.78 Å². The molecule has 0 saturated carbocycles. The molecular weight excluding hydrogens is 318 g/mol. The summed E-state index contributed by atoms with van der Waals surface area (Å²) in [5, 5.41) is 7.48. The summed E-state index contributed by atoms with van der Waals surface area (Å²) in [5.74, 6) is 0.720. The number of fused-ring (bicyclic) bond motifs is 1. The maximum atomic E-state index is 12.3. The van der Waals surface area contributed by atoms with Crippen LogP contribution in [0.5, 0.6) is 0 Å². The van der Waals surface area contributed by atoms with Gasteiger partial charge in [0, 0.05) is 29.7 Å². The van der Waals surface area contributed by atoms with Crippen LogP contribution in [-0.2, 0) is 13.0 Å². The lowest BCUT2D eigenvalue weighted by molar-refractivity contribution is 0.431. The first-order chi connectivity index (χ1) is 12.0. The third kappa shape index (κ3) is 2.66. The minimum absolute atomic E-state index is 0.221. The van der Waals surface area contributed by atoms with Gasteiger partial charge < -0.3 is 14.8 Å². The summed E-state index contributed by atoms with van der Waals surface area (Å²) >= 11 is 0. The third-order valence-electron chi connectivity index (χ3n) is 4.56. The highest BCUT2D eigenvalue weighted by Crippen LogP contribution is 2.30. The Labute approximate surface area is 144 Å². The predicted octanol–water partition coefficient (Wildman–Crippen LogP) is 2.06. The summed E-state index contributed by atoms with van der Waals surface area (Å²) in [6, 6.07) is 1.89. The third-order valence-corrected chi connectivity index (χ3v) is 4.56. The van der Waals surface area contributed by atoms with Crippen molar-refractivity contribution < 1.29 is 4.52 Å². The van der Waals surface area contributed by atoms with Crippen molar-refractivity contribution in [1.82, 2.24) is 25.4 Å². The minimum atomic E-state index is -0.221. The van der Waals surface area contributed by atoms with E-state index < -0.39 is 0 Å². The fourth-order valence-corrected chi connectivity index (χ4v) is 3.41. The van der Waals surface area contributed by atoms with Crippen molar-refractivity contribution in [3.8, 4) is 22.8 Å².